The van der Waals surface area contributed by atoms with Crippen molar-refractivity contribution in [1.82, 2.24) is 0 Å². The topological polar surface area (TPSA) is 0 Å². The Morgan fingerprint density at radius 1 is 0.938 bits per heavy atom. The molecule has 0 heterocycles. The van der Waals surface area contributed by atoms with E-state index in [-0.39, 0.29) is 0 Å². The molecule has 1 unspecified atom stereocenters. The molecule has 0 N–H and O–H groups in total. The molecule has 0 rings (SSSR count). The Hall–Kier alpha value is 0. The molecule has 0 aromatic rings. The predicted molar refractivity (Wildman–Crippen MR) is 75.4 cm³/mol. The van der Waals surface area contributed by atoms with E-state index in [4.69, 9.17) is 0 Å². The van der Waals surface area contributed by atoms with E-state index in [1.165, 1.54) is 12.8 Å². The molecule has 0 aliphatic heterocycles. The largest absolute Gasteiger partial charge is 0.0649 e. The van der Waals surface area contributed by atoms with Gasteiger partial charge in [0.1, 0.15) is 0 Å². The van der Waals surface area contributed by atoms with E-state index >= 15 is 0 Å². The van der Waals surface area contributed by atoms with Gasteiger partial charge in [-0.05, 0) is 35.0 Å². The van der Waals surface area contributed by atoms with E-state index in [1.807, 2.05) is 0 Å². The van der Waals surface area contributed by atoms with Gasteiger partial charge in [-0.3, -0.25) is 0 Å². The van der Waals surface area contributed by atoms with Crippen molar-refractivity contribution < 1.29 is 0 Å². The van der Waals surface area contributed by atoms with Crippen molar-refractivity contribution in [1.29, 1.82) is 0 Å². The van der Waals surface area contributed by atoms with E-state index < -0.39 is 0 Å². The van der Waals surface area contributed by atoms with E-state index in [0.717, 1.165) is 5.92 Å². The molecular formula is C16H33. The van der Waals surface area contributed by atoms with Crippen LogP contribution in [0.15, 0.2) is 0 Å². The first-order valence-electron chi connectivity index (χ1n) is 6.88. The Morgan fingerprint density at radius 3 is 1.62 bits per heavy atom. The van der Waals surface area contributed by atoms with Crippen LogP contribution < -0.4 is 0 Å². The van der Waals surface area contributed by atoms with Crippen LogP contribution in [-0.2, 0) is 0 Å². The molecule has 0 amide bonds. The van der Waals surface area contributed by atoms with Gasteiger partial charge in [0, 0.05) is 0 Å². The summed E-state index contributed by atoms with van der Waals surface area (Å²) in [7, 11) is 0. The fourth-order valence-electron chi connectivity index (χ4n) is 2.16. The summed E-state index contributed by atoms with van der Waals surface area (Å²) in [6.07, 6.45) is 2.53. The molecule has 97 valence electrons. The van der Waals surface area contributed by atoms with Crippen LogP contribution in [0.3, 0.4) is 0 Å². The quantitative estimate of drug-likeness (QED) is 0.561. The molecule has 0 aromatic carbocycles. The standard InChI is InChI=1S/C16H33/c1-10-16(8,9)14(12(2)3)11-13(4)15(5,6)7/h12-13H,10-11H2,1-9H3. The zero-order valence-electron chi connectivity index (χ0n) is 13.1. The smallest absolute Gasteiger partial charge is 0.0156 e. The van der Waals surface area contributed by atoms with Gasteiger partial charge >= 0.3 is 0 Å². The second-order valence-corrected chi connectivity index (χ2v) is 7.39. The normalized spacial score (nSPS) is 15.9. The molecule has 0 aliphatic carbocycles. The molecule has 0 heteroatoms. The molecule has 0 saturated heterocycles. The van der Waals surface area contributed by atoms with Crippen LogP contribution in [0.2, 0.25) is 0 Å². The lowest BCUT2D eigenvalue weighted by Gasteiger charge is -2.40. The van der Waals surface area contributed by atoms with Gasteiger partial charge < -0.3 is 0 Å². The van der Waals surface area contributed by atoms with Crippen LogP contribution >= 0.6 is 0 Å². The van der Waals surface area contributed by atoms with Crippen molar-refractivity contribution in [3.63, 3.8) is 0 Å². The van der Waals surface area contributed by atoms with E-state index in [9.17, 15) is 0 Å². The Kier molecular flexibility index (Phi) is 5.56. The van der Waals surface area contributed by atoms with Gasteiger partial charge in [0.2, 0.25) is 0 Å². The summed E-state index contributed by atoms with van der Waals surface area (Å²) < 4.78 is 0. The van der Waals surface area contributed by atoms with E-state index in [1.54, 1.807) is 5.92 Å². The summed E-state index contributed by atoms with van der Waals surface area (Å²) in [4.78, 5) is 0. The molecule has 0 saturated carbocycles. The minimum absolute atomic E-state index is 0.397. The first-order chi connectivity index (χ1) is 7.02. The molecule has 16 heavy (non-hydrogen) atoms. The van der Waals surface area contributed by atoms with Crippen LogP contribution in [0.25, 0.3) is 0 Å². The first-order valence-corrected chi connectivity index (χ1v) is 6.88. The third-order valence-corrected chi connectivity index (χ3v) is 4.45. The molecule has 0 aromatic heterocycles. The van der Waals surface area contributed by atoms with Crippen molar-refractivity contribution in [3.05, 3.63) is 5.92 Å². The van der Waals surface area contributed by atoms with Gasteiger partial charge in [0.05, 0.1) is 0 Å². The molecule has 1 radical (unpaired) electrons. The maximum absolute atomic E-state index is 2.40. The predicted octanol–water partition coefficient (Wildman–Crippen LogP) is 5.73. The highest BCUT2D eigenvalue weighted by molar-refractivity contribution is 5.06. The summed E-state index contributed by atoms with van der Waals surface area (Å²) in [5, 5.41) is 0. The average molecular weight is 225 g/mol. The Bertz CT molecular complexity index is 193. The fraction of sp³-hybridized carbons (Fsp3) is 0.938. The van der Waals surface area contributed by atoms with E-state index in [2.05, 4.69) is 62.3 Å². The maximum Gasteiger partial charge on any atom is -0.0156 e. The summed E-state index contributed by atoms with van der Waals surface area (Å²) in [6, 6.07) is 0. The van der Waals surface area contributed by atoms with Gasteiger partial charge in [-0.1, -0.05) is 68.7 Å². The molecule has 1 atom stereocenters. The summed E-state index contributed by atoms with van der Waals surface area (Å²) >= 11 is 0. The van der Waals surface area contributed by atoms with Crippen molar-refractivity contribution >= 4 is 0 Å². The highest BCUT2D eigenvalue weighted by Gasteiger charge is 2.34. The third-order valence-electron chi connectivity index (χ3n) is 4.45. The lowest BCUT2D eigenvalue weighted by Crippen LogP contribution is -2.30. The zero-order chi connectivity index (χ0) is 13.1. The molecule has 0 fully saturated rings. The summed E-state index contributed by atoms with van der Waals surface area (Å²) in [6.45, 7) is 21.3. The van der Waals surface area contributed by atoms with Crippen LogP contribution in [0.1, 0.15) is 75.2 Å². The molecule has 0 aliphatic rings. The van der Waals surface area contributed by atoms with Crippen LogP contribution in [0.4, 0.5) is 0 Å². The molecular weight excluding hydrogens is 192 g/mol. The second kappa shape index (κ2) is 5.56. The molecule has 0 bridgehead atoms. The lowest BCUT2D eigenvalue weighted by molar-refractivity contribution is 0.203. The SMILES string of the molecule is CCC(C)(C)[C](CC(C)C(C)(C)C)C(C)C. The van der Waals surface area contributed by atoms with Gasteiger partial charge in [0.25, 0.3) is 0 Å². The minimum Gasteiger partial charge on any atom is -0.0649 e. The number of hydrogen-bond acceptors (Lipinski definition) is 0. The second-order valence-electron chi connectivity index (χ2n) is 7.39. The van der Waals surface area contributed by atoms with Crippen molar-refractivity contribution in [2.24, 2.45) is 22.7 Å². The number of hydrogen-bond donors (Lipinski definition) is 0. The Morgan fingerprint density at radius 2 is 1.38 bits per heavy atom. The molecule has 0 nitrogen and oxygen atoms in total. The minimum atomic E-state index is 0.397. The Balaban J connectivity index is 4.72. The van der Waals surface area contributed by atoms with Gasteiger partial charge in [0.15, 0.2) is 0 Å². The molecule has 0 spiro atoms. The van der Waals surface area contributed by atoms with Gasteiger partial charge in [-0.15, -0.1) is 0 Å². The zero-order valence-corrected chi connectivity index (χ0v) is 13.1. The van der Waals surface area contributed by atoms with Crippen molar-refractivity contribution in [3.8, 4) is 0 Å². The van der Waals surface area contributed by atoms with Crippen LogP contribution in [0.5, 0.6) is 0 Å². The number of rotatable bonds is 5. The third kappa shape index (κ3) is 4.47. The Labute approximate surface area is 104 Å². The van der Waals surface area contributed by atoms with Crippen LogP contribution in [-0.4, -0.2) is 0 Å². The monoisotopic (exact) mass is 225 g/mol. The average Bonchev–Trinajstić information content (AvgIpc) is 2.11. The highest BCUT2D eigenvalue weighted by Crippen LogP contribution is 2.44. The first kappa shape index (κ1) is 16.0. The maximum atomic E-state index is 2.40. The van der Waals surface area contributed by atoms with E-state index in [0.29, 0.717) is 16.7 Å². The highest BCUT2D eigenvalue weighted by atomic mass is 14.4. The van der Waals surface area contributed by atoms with Gasteiger partial charge in [-0.25, -0.2) is 0 Å². The van der Waals surface area contributed by atoms with Crippen LogP contribution in [0, 0.1) is 28.6 Å². The van der Waals surface area contributed by atoms with Crippen molar-refractivity contribution in [2.45, 2.75) is 75.2 Å². The van der Waals surface area contributed by atoms with Crippen molar-refractivity contribution in [2.75, 3.05) is 0 Å². The fourth-order valence-corrected chi connectivity index (χ4v) is 2.16. The lowest BCUT2D eigenvalue weighted by atomic mass is 9.65. The van der Waals surface area contributed by atoms with Gasteiger partial charge in [-0.2, -0.15) is 0 Å². The summed E-state index contributed by atoms with van der Waals surface area (Å²) in [5.41, 5.74) is 0.817. The summed E-state index contributed by atoms with van der Waals surface area (Å²) in [5.74, 6) is 3.22.